The van der Waals surface area contributed by atoms with Crippen molar-refractivity contribution in [3.05, 3.63) is 42.0 Å². The first kappa shape index (κ1) is 12.9. The molecule has 1 rings (SSSR count). The van der Waals surface area contributed by atoms with Crippen LogP contribution in [0, 0.1) is 18.3 Å². The molecule has 2 N–H and O–H groups in total. The van der Waals surface area contributed by atoms with Crippen LogP contribution in [0.5, 0.6) is 0 Å². The molecular formula is C13H15N3O. The van der Waals surface area contributed by atoms with Crippen molar-refractivity contribution in [1.29, 1.82) is 5.26 Å². The largest absolute Gasteiger partial charge is 0.325 e. The van der Waals surface area contributed by atoms with Crippen LogP contribution in [0.25, 0.3) is 0 Å². The van der Waals surface area contributed by atoms with Gasteiger partial charge in [0.15, 0.2) is 0 Å². The third kappa shape index (κ3) is 4.09. The number of carbonyl (C=O) groups is 1. The predicted molar refractivity (Wildman–Crippen MR) is 67.6 cm³/mol. The summed E-state index contributed by atoms with van der Waals surface area (Å²) >= 11 is 0. The Morgan fingerprint density at radius 1 is 1.59 bits per heavy atom. The van der Waals surface area contributed by atoms with Gasteiger partial charge in [0.1, 0.15) is 0 Å². The highest BCUT2D eigenvalue weighted by molar-refractivity contribution is 5.93. The molecule has 4 heteroatoms. The topological polar surface area (TPSA) is 64.9 Å². The molecule has 0 atom stereocenters. The van der Waals surface area contributed by atoms with Crippen LogP contribution in [-0.2, 0) is 4.79 Å². The Labute approximate surface area is 101 Å². The van der Waals surface area contributed by atoms with Gasteiger partial charge in [0.05, 0.1) is 18.2 Å². The second-order valence-electron chi connectivity index (χ2n) is 3.61. The van der Waals surface area contributed by atoms with Crippen LogP contribution in [0.4, 0.5) is 5.69 Å². The van der Waals surface area contributed by atoms with E-state index in [1.807, 2.05) is 19.1 Å². The monoisotopic (exact) mass is 229 g/mol. The normalized spacial score (nSPS) is 9.41. The summed E-state index contributed by atoms with van der Waals surface area (Å²) in [6.07, 6.45) is 1.69. The van der Waals surface area contributed by atoms with E-state index in [0.717, 1.165) is 5.56 Å². The fourth-order valence-electron chi connectivity index (χ4n) is 1.31. The van der Waals surface area contributed by atoms with E-state index in [1.54, 1.807) is 18.2 Å². The van der Waals surface area contributed by atoms with Gasteiger partial charge >= 0.3 is 0 Å². The minimum atomic E-state index is -0.134. The first-order valence-electron chi connectivity index (χ1n) is 5.29. The summed E-state index contributed by atoms with van der Waals surface area (Å²) in [5, 5.41) is 14.4. The Morgan fingerprint density at radius 2 is 2.35 bits per heavy atom. The number of rotatable bonds is 5. The molecule has 0 saturated heterocycles. The average Bonchev–Trinajstić information content (AvgIpc) is 2.32. The smallest absolute Gasteiger partial charge is 0.238 e. The van der Waals surface area contributed by atoms with Crippen molar-refractivity contribution in [3.63, 3.8) is 0 Å². The zero-order valence-corrected chi connectivity index (χ0v) is 9.79. The molecule has 0 aliphatic heterocycles. The summed E-state index contributed by atoms with van der Waals surface area (Å²) in [7, 11) is 0. The summed E-state index contributed by atoms with van der Waals surface area (Å²) in [6.45, 7) is 6.24. The van der Waals surface area contributed by atoms with Crippen molar-refractivity contribution in [3.8, 4) is 6.07 Å². The average molecular weight is 229 g/mol. The summed E-state index contributed by atoms with van der Waals surface area (Å²) in [5.41, 5.74) is 2.14. The van der Waals surface area contributed by atoms with E-state index in [4.69, 9.17) is 5.26 Å². The lowest BCUT2D eigenvalue weighted by molar-refractivity contribution is -0.115. The standard InChI is InChI=1S/C13H15N3O/c1-3-6-15-9-13(17)16-12-7-11(8-14)5-4-10(12)2/h3-5,7,15H,1,6,9H2,2H3,(H,16,17). The Hall–Kier alpha value is -2.12. The van der Waals surface area contributed by atoms with E-state index in [-0.39, 0.29) is 12.5 Å². The molecule has 0 aliphatic rings. The minimum absolute atomic E-state index is 0.134. The zero-order valence-electron chi connectivity index (χ0n) is 9.79. The number of amides is 1. The van der Waals surface area contributed by atoms with Gasteiger partial charge in [-0.05, 0) is 24.6 Å². The second kappa shape index (κ2) is 6.46. The molecule has 0 spiro atoms. The molecule has 0 aliphatic carbocycles. The van der Waals surface area contributed by atoms with E-state index >= 15 is 0 Å². The van der Waals surface area contributed by atoms with E-state index in [2.05, 4.69) is 17.2 Å². The van der Waals surface area contributed by atoms with Crippen molar-refractivity contribution in [2.75, 3.05) is 18.4 Å². The first-order chi connectivity index (χ1) is 8.17. The van der Waals surface area contributed by atoms with Crippen molar-refractivity contribution < 1.29 is 4.79 Å². The number of aryl methyl sites for hydroxylation is 1. The number of nitrogens with one attached hydrogen (secondary N) is 2. The van der Waals surface area contributed by atoms with Gasteiger partial charge in [0, 0.05) is 12.2 Å². The van der Waals surface area contributed by atoms with E-state index in [0.29, 0.717) is 17.8 Å². The Balaban J connectivity index is 2.64. The fraction of sp³-hybridized carbons (Fsp3) is 0.231. The van der Waals surface area contributed by atoms with Gasteiger partial charge in [-0.2, -0.15) is 5.26 Å². The zero-order chi connectivity index (χ0) is 12.7. The molecule has 0 aromatic heterocycles. The van der Waals surface area contributed by atoms with Crippen molar-refractivity contribution in [2.24, 2.45) is 0 Å². The van der Waals surface area contributed by atoms with Crippen LogP contribution in [0.15, 0.2) is 30.9 Å². The van der Waals surface area contributed by atoms with Crippen LogP contribution in [0.3, 0.4) is 0 Å². The molecule has 0 heterocycles. The molecule has 1 aromatic rings. The number of carbonyl (C=O) groups excluding carboxylic acids is 1. The van der Waals surface area contributed by atoms with Gasteiger partial charge in [0.2, 0.25) is 5.91 Å². The fourth-order valence-corrected chi connectivity index (χ4v) is 1.31. The molecule has 0 unspecified atom stereocenters. The second-order valence-corrected chi connectivity index (χ2v) is 3.61. The predicted octanol–water partition coefficient (Wildman–Crippen LogP) is 1.58. The van der Waals surface area contributed by atoms with E-state index in [1.165, 1.54) is 0 Å². The lowest BCUT2D eigenvalue weighted by Gasteiger charge is -2.08. The molecule has 0 fully saturated rings. The van der Waals surface area contributed by atoms with Gasteiger partial charge in [-0.1, -0.05) is 12.1 Å². The quantitative estimate of drug-likeness (QED) is 0.595. The van der Waals surface area contributed by atoms with Crippen LogP contribution >= 0.6 is 0 Å². The van der Waals surface area contributed by atoms with Crippen molar-refractivity contribution >= 4 is 11.6 Å². The van der Waals surface area contributed by atoms with Crippen molar-refractivity contribution in [1.82, 2.24) is 5.32 Å². The number of nitrogens with zero attached hydrogens (tertiary/aromatic N) is 1. The van der Waals surface area contributed by atoms with Crippen LogP contribution in [-0.4, -0.2) is 19.0 Å². The molecule has 0 saturated carbocycles. The van der Waals surface area contributed by atoms with E-state index in [9.17, 15) is 4.79 Å². The van der Waals surface area contributed by atoms with Gasteiger partial charge in [-0.3, -0.25) is 4.79 Å². The Bertz CT molecular complexity index is 460. The maximum Gasteiger partial charge on any atom is 0.238 e. The lowest BCUT2D eigenvalue weighted by atomic mass is 10.1. The minimum Gasteiger partial charge on any atom is -0.325 e. The van der Waals surface area contributed by atoms with Crippen LogP contribution in [0.2, 0.25) is 0 Å². The summed E-state index contributed by atoms with van der Waals surface area (Å²) in [5.74, 6) is -0.134. The highest BCUT2D eigenvalue weighted by Crippen LogP contribution is 2.16. The number of hydrogen-bond acceptors (Lipinski definition) is 3. The maximum absolute atomic E-state index is 11.5. The number of benzene rings is 1. The third-order valence-corrected chi connectivity index (χ3v) is 2.21. The third-order valence-electron chi connectivity index (χ3n) is 2.21. The van der Waals surface area contributed by atoms with Gasteiger partial charge in [-0.15, -0.1) is 6.58 Å². The van der Waals surface area contributed by atoms with Gasteiger partial charge in [-0.25, -0.2) is 0 Å². The van der Waals surface area contributed by atoms with E-state index < -0.39 is 0 Å². The summed E-state index contributed by atoms with van der Waals surface area (Å²) < 4.78 is 0. The summed E-state index contributed by atoms with van der Waals surface area (Å²) in [4.78, 5) is 11.5. The molecule has 0 radical (unpaired) electrons. The van der Waals surface area contributed by atoms with Crippen LogP contribution in [0.1, 0.15) is 11.1 Å². The molecule has 1 aromatic carbocycles. The molecule has 0 bridgehead atoms. The number of hydrogen-bond donors (Lipinski definition) is 2. The molecular weight excluding hydrogens is 214 g/mol. The highest BCUT2D eigenvalue weighted by atomic mass is 16.1. The molecule has 17 heavy (non-hydrogen) atoms. The SMILES string of the molecule is C=CCNCC(=O)Nc1cc(C#N)ccc1C. The van der Waals surface area contributed by atoms with Crippen molar-refractivity contribution in [2.45, 2.75) is 6.92 Å². The molecule has 4 nitrogen and oxygen atoms in total. The Kier molecular flexibility index (Phi) is 4.92. The maximum atomic E-state index is 11.5. The number of nitriles is 1. The van der Waals surface area contributed by atoms with Gasteiger partial charge in [0.25, 0.3) is 0 Å². The van der Waals surface area contributed by atoms with Crippen LogP contribution < -0.4 is 10.6 Å². The lowest BCUT2D eigenvalue weighted by Crippen LogP contribution is -2.28. The summed E-state index contributed by atoms with van der Waals surface area (Å²) in [6, 6.07) is 7.24. The highest BCUT2D eigenvalue weighted by Gasteiger charge is 2.04. The first-order valence-corrected chi connectivity index (χ1v) is 5.29. The Morgan fingerprint density at radius 3 is 3.00 bits per heavy atom. The number of anilines is 1. The molecule has 1 amide bonds. The van der Waals surface area contributed by atoms with Gasteiger partial charge < -0.3 is 10.6 Å². The molecule has 88 valence electrons.